The maximum absolute atomic E-state index is 12.8. The minimum absolute atomic E-state index is 0.333. The van der Waals surface area contributed by atoms with E-state index in [9.17, 15) is 9.59 Å². The number of nitrogens with one attached hydrogen (secondary N) is 3. The van der Waals surface area contributed by atoms with Crippen LogP contribution in [0.15, 0.2) is 66.7 Å². The molecule has 4 rings (SSSR count). The minimum atomic E-state index is -0.415. The normalized spacial score (nSPS) is 10.7. The van der Waals surface area contributed by atoms with Gasteiger partial charge in [-0.2, -0.15) is 0 Å². The second-order valence-corrected chi connectivity index (χ2v) is 8.28. The molecule has 0 aliphatic carbocycles. The zero-order chi connectivity index (χ0) is 23.5. The van der Waals surface area contributed by atoms with Crippen LogP contribution in [0, 0.1) is 13.8 Å². The molecular formula is C25H20Cl2N4O2. The number of aryl methyl sites for hydroxylation is 1. The molecule has 1 heterocycles. The Labute approximate surface area is 200 Å². The number of hydrogen-bond acceptors (Lipinski definition) is 3. The number of fused-ring (bicyclic) bond motifs is 1. The van der Waals surface area contributed by atoms with Crippen LogP contribution in [0.4, 0.5) is 21.9 Å². The summed E-state index contributed by atoms with van der Waals surface area (Å²) < 4.78 is 0. The summed E-state index contributed by atoms with van der Waals surface area (Å²) in [6.07, 6.45) is 0. The first-order chi connectivity index (χ1) is 15.8. The maximum atomic E-state index is 12.8. The number of benzene rings is 3. The molecule has 0 atom stereocenters. The van der Waals surface area contributed by atoms with Crippen LogP contribution in [0.25, 0.3) is 10.9 Å². The number of nitrogens with zero attached hydrogens (tertiary/aromatic N) is 1. The van der Waals surface area contributed by atoms with E-state index in [1.54, 1.807) is 66.7 Å². The average Bonchev–Trinajstić information content (AvgIpc) is 2.77. The number of anilines is 3. The van der Waals surface area contributed by atoms with Gasteiger partial charge >= 0.3 is 6.03 Å². The SMILES string of the molecule is Cc1cc(NC(=O)c2ccccc2Cl)c2cc(NC(=O)Nc3cccc(Cl)c3C)ccc2n1. The van der Waals surface area contributed by atoms with Gasteiger partial charge in [-0.15, -0.1) is 0 Å². The first kappa shape index (κ1) is 22.6. The quantitative estimate of drug-likeness (QED) is 0.293. The molecule has 0 radical (unpaired) electrons. The van der Waals surface area contributed by atoms with Crippen molar-refractivity contribution in [3.63, 3.8) is 0 Å². The number of pyridine rings is 1. The van der Waals surface area contributed by atoms with Crippen molar-refractivity contribution in [3.05, 3.63) is 93.6 Å². The molecule has 0 saturated carbocycles. The third-order valence-electron chi connectivity index (χ3n) is 5.08. The highest BCUT2D eigenvalue weighted by Gasteiger charge is 2.14. The van der Waals surface area contributed by atoms with Gasteiger partial charge in [-0.25, -0.2) is 4.79 Å². The highest BCUT2D eigenvalue weighted by atomic mass is 35.5. The highest BCUT2D eigenvalue weighted by Crippen LogP contribution is 2.28. The second kappa shape index (κ2) is 9.48. The minimum Gasteiger partial charge on any atom is -0.321 e. The summed E-state index contributed by atoms with van der Waals surface area (Å²) in [5.41, 5.74) is 4.29. The van der Waals surface area contributed by atoms with E-state index in [4.69, 9.17) is 23.2 Å². The van der Waals surface area contributed by atoms with Crippen molar-refractivity contribution in [1.29, 1.82) is 0 Å². The Hall–Kier alpha value is -3.61. The number of amides is 3. The van der Waals surface area contributed by atoms with Gasteiger partial charge < -0.3 is 16.0 Å². The van der Waals surface area contributed by atoms with Gasteiger partial charge in [0.2, 0.25) is 0 Å². The predicted octanol–water partition coefficient (Wildman–Crippen LogP) is 7.05. The Kier molecular flexibility index (Phi) is 6.49. The molecular weight excluding hydrogens is 459 g/mol. The van der Waals surface area contributed by atoms with Crippen molar-refractivity contribution >= 4 is 63.1 Å². The fourth-order valence-electron chi connectivity index (χ4n) is 3.40. The van der Waals surface area contributed by atoms with E-state index in [0.717, 1.165) is 11.3 Å². The van der Waals surface area contributed by atoms with Crippen molar-refractivity contribution < 1.29 is 9.59 Å². The van der Waals surface area contributed by atoms with Crippen LogP contribution in [-0.4, -0.2) is 16.9 Å². The Morgan fingerprint density at radius 1 is 0.788 bits per heavy atom. The molecule has 0 spiro atoms. The molecule has 0 aliphatic heterocycles. The topological polar surface area (TPSA) is 83.1 Å². The molecule has 33 heavy (non-hydrogen) atoms. The Morgan fingerprint density at radius 3 is 2.33 bits per heavy atom. The molecule has 3 aromatic carbocycles. The summed E-state index contributed by atoms with van der Waals surface area (Å²) in [5, 5.41) is 10.1. The molecule has 0 fully saturated rings. The number of carbonyl (C=O) groups is 2. The van der Waals surface area contributed by atoms with Gasteiger partial charge in [-0.3, -0.25) is 9.78 Å². The average molecular weight is 479 g/mol. The van der Waals surface area contributed by atoms with Crippen LogP contribution < -0.4 is 16.0 Å². The summed E-state index contributed by atoms with van der Waals surface area (Å²) >= 11 is 12.3. The van der Waals surface area contributed by atoms with Crippen molar-refractivity contribution in [3.8, 4) is 0 Å². The van der Waals surface area contributed by atoms with Gasteiger partial charge in [0.1, 0.15) is 0 Å². The maximum Gasteiger partial charge on any atom is 0.323 e. The molecule has 0 saturated heterocycles. The van der Waals surface area contributed by atoms with E-state index in [1.807, 2.05) is 13.8 Å². The molecule has 6 nitrogen and oxygen atoms in total. The van der Waals surface area contributed by atoms with Crippen molar-refractivity contribution in [1.82, 2.24) is 4.98 Å². The number of halogens is 2. The van der Waals surface area contributed by atoms with Gasteiger partial charge in [0, 0.05) is 27.5 Å². The summed E-state index contributed by atoms with van der Waals surface area (Å²) in [5.74, 6) is -0.333. The summed E-state index contributed by atoms with van der Waals surface area (Å²) in [7, 11) is 0. The summed E-state index contributed by atoms with van der Waals surface area (Å²) in [6.45, 7) is 3.67. The Bertz CT molecular complexity index is 1390. The molecule has 0 aliphatic rings. The zero-order valence-corrected chi connectivity index (χ0v) is 19.4. The molecule has 0 unspecified atom stereocenters. The van der Waals surface area contributed by atoms with E-state index in [0.29, 0.717) is 43.6 Å². The molecule has 0 bridgehead atoms. The van der Waals surface area contributed by atoms with E-state index in [2.05, 4.69) is 20.9 Å². The second-order valence-electron chi connectivity index (χ2n) is 7.47. The van der Waals surface area contributed by atoms with E-state index < -0.39 is 6.03 Å². The van der Waals surface area contributed by atoms with E-state index in [-0.39, 0.29) is 5.91 Å². The Morgan fingerprint density at radius 2 is 1.55 bits per heavy atom. The molecule has 3 N–H and O–H groups in total. The molecule has 3 amide bonds. The van der Waals surface area contributed by atoms with Crippen molar-refractivity contribution in [2.24, 2.45) is 0 Å². The van der Waals surface area contributed by atoms with E-state index >= 15 is 0 Å². The fourth-order valence-corrected chi connectivity index (χ4v) is 3.80. The lowest BCUT2D eigenvalue weighted by molar-refractivity contribution is 0.102. The lowest BCUT2D eigenvalue weighted by Crippen LogP contribution is -2.20. The van der Waals surface area contributed by atoms with Gasteiger partial charge in [0.05, 0.1) is 21.8 Å². The first-order valence-corrected chi connectivity index (χ1v) is 10.9. The van der Waals surface area contributed by atoms with Gasteiger partial charge in [-0.1, -0.05) is 41.4 Å². The largest absolute Gasteiger partial charge is 0.323 e. The van der Waals surface area contributed by atoms with Crippen LogP contribution in [0.2, 0.25) is 10.0 Å². The third-order valence-corrected chi connectivity index (χ3v) is 5.82. The van der Waals surface area contributed by atoms with Crippen LogP contribution in [0.3, 0.4) is 0 Å². The van der Waals surface area contributed by atoms with Crippen LogP contribution >= 0.6 is 23.2 Å². The van der Waals surface area contributed by atoms with Crippen LogP contribution in [-0.2, 0) is 0 Å². The number of aromatic nitrogens is 1. The monoisotopic (exact) mass is 478 g/mol. The van der Waals surface area contributed by atoms with Crippen molar-refractivity contribution in [2.45, 2.75) is 13.8 Å². The lowest BCUT2D eigenvalue weighted by atomic mass is 10.1. The number of hydrogen-bond donors (Lipinski definition) is 3. The Balaban J connectivity index is 1.60. The van der Waals surface area contributed by atoms with Gasteiger partial charge in [-0.05, 0) is 67.9 Å². The standard InChI is InChI=1S/C25H20Cl2N4O2/c1-14-12-23(30-24(32)17-6-3-4-7-20(17)27)18-13-16(10-11-22(18)28-14)29-25(33)31-21-9-5-8-19(26)15(21)2/h3-13H,1-2H3,(H,28,30,32)(H2,29,31,33). The van der Waals surface area contributed by atoms with Crippen molar-refractivity contribution in [2.75, 3.05) is 16.0 Å². The fraction of sp³-hybridized carbons (Fsp3) is 0.0800. The summed E-state index contributed by atoms with van der Waals surface area (Å²) in [4.78, 5) is 29.9. The molecule has 166 valence electrons. The smallest absolute Gasteiger partial charge is 0.321 e. The van der Waals surface area contributed by atoms with E-state index in [1.165, 1.54) is 0 Å². The van der Waals surface area contributed by atoms with Gasteiger partial charge in [0.25, 0.3) is 5.91 Å². The summed E-state index contributed by atoms with van der Waals surface area (Å²) in [6, 6.07) is 18.8. The molecule has 8 heteroatoms. The first-order valence-electron chi connectivity index (χ1n) is 10.1. The number of urea groups is 1. The predicted molar refractivity (Wildman–Crippen MR) is 135 cm³/mol. The number of rotatable bonds is 4. The number of carbonyl (C=O) groups excluding carboxylic acids is 2. The van der Waals surface area contributed by atoms with Gasteiger partial charge in [0.15, 0.2) is 0 Å². The van der Waals surface area contributed by atoms with Crippen LogP contribution in [0.1, 0.15) is 21.6 Å². The highest BCUT2D eigenvalue weighted by molar-refractivity contribution is 6.34. The third kappa shape index (κ3) is 5.08. The molecule has 4 aromatic rings. The zero-order valence-electron chi connectivity index (χ0n) is 17.9. The lowest BCUT2D eigenvalue weighted by Gasteiger charge is -2.13. The molecule has 1 aromatic heterocycles. The van der Waals surface area contributed by atoms with Crippen LogP contribution in [0.5, 0.6) is 0 Å².